The highest BCUT2D eigenvalue weighted by Crippen LogP contribution is 2.49. The summed E-state index contributed by atoms with van der Waals surface area (Å²) in [5, 5.41) is 0.972. The van der Waals surface area contributed by atoms with Crippen LogP contribution in [0, 0.1) is 0 Å². The van der Waals surface area contributed by atoms with Crippen molar-refractivity contribution >= 4 is 22.7 Å². The van der Waals surface area contributed by atoms with Gasteiger partial charge in [0, 0.05) is 23.6 Å². The fraction of sp³-hybridized carbons (Fsp3) is 0.240. The summed E-state index contributed by atoms with van der Waals surface area (Å²) in [7, 11) is 0. The van der Waals surface area contributed by atoms with E-state index in [4.69, 9.17) is 9.47 Å². The van der Waals surface area contributed by atoms with Crippen LogP contribution in [0.5, 0.6) is 11.5 Å². The van der Waals surface area contributed by atoms with E-state index in [1.165, 1.54) is 0 Å². The van der Waals surface area contributed by atoms with Crippen molar-refractivity contribution in [2.24, 2.45) is 0 Å². The summed E-state index contributed by atoms with van der Waals surface area (Å²) in [6.45, 7) is 4.26. The maximum Gasteiger partial charge on any atom is 0.312 e. The molecule has 0 N–H and O–H groups in total. The highest BCUT2D eigenvalue weighted by atomic mass is 16.5. The molecule has 0 saturated heterocycles. The monoisotopic (exact) mass is 413 g/mol. The van der Waals surface area contributed by atoms with Gasteiger partial charge in [0.25, 0.3) is 5.56 Å². The van der Waals surface area contributed by atoms with E-state index < -0.39 is 11.9 Å². The van der Waals surface area contributed by atoms with Crippen LogP contribution in [0.25, 0.3) is 10.9 Å². The molecule has 3 aromatic rings. The lowest BCUT2D eigenvalue weighted by Crippen LogP contribution is -2.29. The van der Waals surface area contributed by atoms with Crippen molar-refractivity contribution in [3.63, 3.8) is 0 Å². The van der Waals surface area contributed by atoms with Gasteiger partial charge in [-0.25, -0.2) is 0 Å². The molecule has 0 amide bonds. The highest BCUT2D eigenvalue weighted by Gasteiger charge is 2.40. The summed E-state index contributed by atoms with van der Waals surface area (Å²) >= 11 is 0. The Morgan fingerprint density at radius 2 is 1.90 bits per heavy atom. The lowest BCUT2D eigenvalue weighted by atomic mass is 9.84. The Morgan fingerprint density at radius 3 is 2.71 bits per heavy atom. The lowest BCUT2D eigenvalue weighted by molar-refractivity contribution is -0.135. The number of pyridine rings is 1. The number of ketones is 1. The zero-order chi connectivity index (χ0) is 21.4. The van der Waals surface area contributed by atoms with Gasteiger partial charge in [0.15, 0.2) is 5.76 Å². The van der Waals surface area contributed by atoms with E-state index in [1.54, 1.807) is 16.7 Å². The SMILES string of the molecule is CC(C)=C1Oc2c(ccc3c2C(c2cc4cccc5c4n(c2=O)CC5)CC(=O)O3)C1=O. The first-order valence-electron chi connectivity index (χ1n) is 10.4. The summed E-state index contributed by atoms with van der Waals surface area (Å²) < 4.78 is 13.3. The molecule has 3 aliphatic rings. The van der Waals surface area contributed by atoms with Gasteiger partial charge in [-0.3, -0.25) is 14.4 Å². The zero-order valence-electron chi connectivity index (χ0n) is 17.2. The molecule has 6 nitrogen and oxygen atoms in total. The van der Waals surface area contributed by atoms with E-state index in [1.807, 2.05) is 38.1 Å². The Balaban J connectivity index is 1.62. The maximum absolute atomic E-state index is 13.5. The number of rotatable bonds is 1. The van der Waals surface area contributed by atoms with Crippen molar-refractivity contribution in [2.75, 3.05) is 0 Å². The largest absolute Gasteiger partial charge is 0.452 e. The summed E-state index contributed by atoms with van der Waals surface area (Å²) in [6.07, 6.45) is 0.835. The van der Waals surface area contributed by atoms with Crippen LogP contribution in [-0.2, 0) is 17.8 Å². The second-order valence-corrected chi connectivity index (χ2v) is 8.51. The molecule has 0 fully saturated rings. The van der Waals surface area contributed by atoms with Gasteiger partial charge >= 0.3 is 5.97 Å². The predicted molar refractivity (Wildman–Crippen MR) is 114 cm³/mol. The fourth-order valence-electron chi connectivity index (χ4n) is 5.03. The number of Topliss-reactive ketones (excluding diaryl/α,β-unsaturated/α-hetero) is 1. The van der Waals surface area contributed by atoms with E-state index >= 15 is 0 Å². The number of fused-ring (bicyclic) bond motifs is 3. The van der Waals surface area contributed by atoms with Gasteiger partial charge in [-0.05, 0) is 55.0 Å². The van der Waals surface area contributed by atoms with Gasteiger partial charge in [0.1, 0.15) is 11.5 Å². The van der Waals surface area contributed by atoms with E-state index in [0.29, 0.717) is 34.7 Å². The van der Waals surface area contributed by atoms with Crippen LogP contribution in [0.1, 0.15) is 53.2 Å². The van der Waals surface area contributed by atoms with Crippen molar-refractivity contribution < 1.29 is 19.1 Å². The molecule has 1 atom stereocenters. The summed E-state index contributed by atoms with van der Waals surface area (Å²) in [6, 6.07) is 11.2. The first-order chi connectivity index (χ1) is 14.9. The summed E-state index contributed by atoms with van der Waals surface area (Å²) in [5.41, 5.74) is 4.35. The first kappa shape index (κ1) is 18.1. The molecular formula is C25H19NO5. The molecule has 1 unspecified atom stereocenters. The van der Waals surface area contributed by atoms with Crippen LogP contribution >= 0.6 is 0 Å². The Kier molecular flexibility index (Phi) is 3.61. The molecule has 0 spiro atoms. The third-order valence-corrected chi connectivity index (χ3v) is 6.41. The second kappa shape index (κ2) is 6.17. The molecule has 3 aliphatic heterocycles. The predicted octanol–water partition coefficient (Wildman–Crippen LogP) is 3.87. The topological polar surface area (TPSA) is 74.6 Å². The van der Waals surface area contributed by atoms with Crippen molar-refractivity contribution in [1.82, 2.24) is 4.57 Å². The zero-order valence-corrected chi connectivity index (χ0v) is 17.2. The number of aromatic nitrogens is 1. The second-order valence-electron chi connectivity index (χ2n) is 8.51. The van der Waals surface area contributed by atoms with Crippen LogP contribution in [0.2, 0.25) is 0 Å². The van der Waals surface area contributed by atoms with Gasteiger partial charge in [-0.2, -0.15) is 0 Å². The average Bonchev–Trinajstić information content (AvgIpc) is 3.32. The van der Waals surface area contributed by atoms with Crippen LogP contribution in [0.3, 0.4) is 0 Å². The number of carbonyl (C=O) groups excluding carboxylic acids is 2. The van der Waals surface area contributed by atoms with Crippen molar-refractivity contribution in [3.05, 3.63) is 80.3 Å². The van der Waals surface area contributed by atoms with Gasteiger partial charge < -0.3 is 14.0 Å². The molecule has 6 rings (SSSR count). The van der Waals surface area contributed by atoms with Gasteiger partial charge in [-0.15, -0.1) is 0 Å². The molecule has 0 aliphatic carbocycles. The third kappa shape index (κ3) is 2.42. The molecule has 4 heterocycles. The van der Waals surface area contributed by atoms with Crippen LogP contribution in [-0.4, -0.2) is 16.3 Å². The molecule has 1 aromatic heterocycles. The van der Waals surface area contributed by atoms with Crippen LogP contribution in [0.4, 0.5) is 0 Å². The van der Waals surface area contributed by atoms with Crippen molar-refractivity contribution in [1.29, 1.82) is 0 Å². The Morgan fingerprint density at radius 1 is 1.06 bits per heavy atom. The quantitative estimate of drug-likeness (QED) is 0.344. The van der Waals surface area contributed by atoms with Crippen LogP contribution in [0.15, 0.2) is 52.5 Å². The summed E-state index contributed by atoms with van der Waals surface area (Å²) in [5.74, 6) is -0.105. The fourth-order valence-corrected chi connectivity index (χ4v) is 5.03. The summed E-state index contributed by atoms with van der Waals surface area (Å²) in [4.78, 5) is 38.8. The Labute approximate surface area is 177 Å². The molecule has 0 bridgehead atoms. The number of nitrogens with zero attached hydrogens (tertiary/aromatic N) is 1. The molecule has 0 radical (unpaired) electrons. The standard InChI is InChI=1S/C25H19NO5/c1-12(2)23-22(28)15-6-7-18-20(24(15)31-23)16(11-19(27)30-18)17-10-14-5-3-4-13-8-9-26(21(13)14)25(17)29/h3-7,10,16H,8-9,11H2,1-2H3. The molecule has 31 heavy (non-hydrogen) atoms. The first-order valence-corrected chi connectivity index (χ1v) is 10.4. The number of esters is 1. The molecule has 6 heteroatoms. The average molecular weight is 413 g/mol. The Bertz CT molecular complexity index is 1440. The van der Waals surface area contributed by atoms with Gasteiger partial charge in [0.05, 0.1) is 17.5 Å². The number of para-hydroxylation sites is 1. The lowest BCUT2D eigenvalue weighted by Gasteiger charge is -2.26. The van der Waals surface area contributed by atoms with Crippen LogP contribution < -0.4 is 15.0 Å². The van der Waals surface area contributed by atoms with Gasteiger partial charge in [-0.1, -0.05) is 18.2 Å². The smallest absolute Gasteiger partial charge is 0.312 e. The molecule has 2 aromatic carbocycles. The number of ether oxygens (including phenoxy) is 2. The third-order valence-electron chi connectivity index (χ3n) is 6.41. The maximum atomic E-state index is 13.5. The number of allylic oxidation sites excluding steroid dienone is 2. The van der Waals surface area contributed by atoms with Crippen molar-refractivity contribution in [2.45, 2.75) is 39.2 Å². The van der Waals surface area contributed by atoms with E-state index in [0.717, 1.165) is 28.5 Å². The van der Waals surface area contributed by atoms with Gasteiger partial charge in [0.2, 0.25) is 5.78 Å². The number of hydrogen-bond acceptors (Lipinski definition) is 5. The molecule has 0 saturated carbocycles. The van der Waals surface area contributed by atoms with Crippen molar-refractivity contribution in [3.8, 4) is 11.5 Å². The number of aryl methyl sites for hydroxylation is 2. The highest BCUT2D eigenvalue weighted by molar-refractivity contribution is 6.13. The number of hydrogen-bond donors (Lipinski definition) is 0. The number of carbonyl (C=O) groups is 2. The number of benzene rings is 2. The van der Waals surface area contributed by atoms with E-state index in [-0.39, 0.29) is 23.5 Å². The molecular weight excluding hydrogens is 394 g/mol. The minimum atomic E-state index is -0.541. The Hall–Kier alpha value is -3.67. The normalized spacial score (nSPS) is 18.6. The molecule has 154 valence electrons. The minimum Gasteiger partial charge on any atom is -0.452 e. The minimum absolute atomic E-state index is 0.0194. The van der Waals surface area contributed by atoms with E-state index in [9.17, 15) is 14.4 Å². The van der Waals surface area contributed by atoms with E-state index in [2.05, 4.69) is 0 Å².